The quantitative estimate of drug-likeness (QED) is 0.723. The minimum atomic E-state index is 0.707. The Balaban J connectivity index is 2.07. The Labute approximate surface area is 84.3 Å². The number of nitrogens with zero attached hydrogens (tertiary/aromatic N) is 3. The van der Waals surface area contributed by atoms with E-state index in [9.17, 15) is 0 Å². The van der Waals surface area contributed by atoms with Gasteiger partial charge in [-0.3, -0.25) is 0 Å². The second kappa shape index (κ2) is 4.09. The minimum Gasteiger partial charge on any atom is -0.384 e. The van der Waals surface area contributed by atoms with E-state index in [2.05, 4.69) is 21.7 Å². The molecule has 78 valence electrons. The second-order valence-corrected chi connectivity index (χ2v) is 4.01. The first-order valence-corrected chi connectivity index (χ1v) is 5.21. The van der Waals surface area contributed by atoms with Crippen LogP contribution < -0.4 is 0 Å². The number of rotatable bonds is 3. The summed E-state index contributed by atoms with van der Waals surface area (Å²) in [5.74, 6) is 2.81. The topological polar surface area (TPSA) is 39.9 Å². The number of hydrogen-bond donors (Lipinski definition) is 0. The van der Waals surface area contributed by atoms with Crippen molar-refractivity contribution in [1.29, 1.82) is 0 Å². The van der Waals surface area contributed by atoms with E-state index in [0.717, 1.165) is 37.0 Å². The molecule has 0 bridgehead atoms. The maximum Gasteiger partial charge on any atom is 0.153 e. The fourth-order valence-corrected chi connectivity index (χ4v) is 1.82. The molecular formula is C10H17N3O. The Morgan fingerprint density at radius 3 is 3.21 bits per heavy atom. The first-order valence-electron chi connectivity index (χ1n) is 5.21. The zero-order chi connectivity index (χ0) is 9.97. The van der Waals surface area contributed by atoms with Crippen molar-refractivity contribution in [2.24, 2.45) is 5.92 Å². The van der Waals surface area contributed by atoms with Gasteiger partial charge in [0, 0.05) is 26.5 Å². The van der Waals surface area contributed by atoms with Crippen molar-refractivity contribution in [1.82, 2.24) is 14.8 Å². The molecule has 0 spiro atoms. The third kappa shape index (κ3) is 1.95. The Hall–Kier alpha value is -0.900. The van der Waals surface area contributed by atoms with Crippen molar-refractivity contribution in [3.8, 4) is 0 Å². The number of fused-ring (bicyclic) bond motifs is 1. The van der Waals surface area contributed by atoms with Crippen LogP contribution in [0.25, 0.3) is 0 Å². The summed E-state index contributed by atoms with van der Waals surface area (Å²) in [5, 5.41) is 4.46. The zero-order valence-corrected chi connectivity index (χ0v) is 8.86. The monoisotopic (exact) mass is 195 g/mol. The van der Waals surface area contributed by atoms with E-state index in [-0.39, 0.29) is 0 Å². The van der Waals surface area contributed by atoms with Crippen LogP contribution in [0.3, 0.4) is 0 Å². The fraction of sp³-hybridized carbons (Fsp3) is 0.800. The van der Waals surface area contributed by atoms with Gasteiger partial charge in [0.2, 0.25) is 0 Å². The summed E-state index contributed by atoms with van der Waals surface area (Å²) in [6.45, 7) is 3.99. The van der Waals surface area contributed by atoms with Gasteiger partial charge in [-0.15, -0.1) is 0 Å². The van der Waals surface area contributed by atoms with Crippen molar-refractivity contribution in [3.05, 3.63) is 11.6 Å². The molecule has 2 rings (SSSR count). The zero-order valence-electron chi connectivity index (χ0n) is 8.86. The molecule has 0 saturated heterocycles. The Morgan fingerprint density at radius 1 is 1.57 bits per heavy atom. The van der Waals surface area contributed by atoms with Gasteiger partial charge < -0.3 is 4.74 Å². The van der Waals surface area contributed by atoms with Crippen molar-refractivity contribution in [2.75, 3.05) is 13.7 Å². The highest BCUT2D eigenvalue weighted by atomic mass is 16.5. The maximum atomic E-state index is 5.01. The summed E-state index contributed by atoms with van der Waals surface area (Å²) in [6.07, 6.45) is 3.13. The average molecular weight is 195 g/mol. The van der Waals surface area contributed by atoms with E-state index >= 15 is 0 Å². The van der Waals surface area contributed by atoms with Gasteiger partial charge in [0.15, 0.2) is 5.82 Å². The van der Waals surface area contributed by atoms with Crippen molar-refractivity contribution < 1.29 is 4.74 Å². The molecule has 0 amide bonds. The number of aryl methyl sites for hydroxylation is 1. The lowest BCUT2D eigenvalue weighted by molar-refractivity contribution is 0.200. The van der Waals surface area contributed by atoms with Crippen LogP contribution in [0.5, 0.6) is 0 Å². The van der Waals surface area contributed by atoms with Gasteiger partial charge in [-0.25, -0.2) is 9.67 Å². The summed E-state index contributed by atoms with van der Waals surface area (Å²) in [7, 11) is 1.71. The van der Waals surface area contributed by atoms with E-state index < -0.39 is 0 Å². The molecule has 0 radical (unpaired) electrons. The smallest absolute Gasteiger partial charge is 0.153 e. The Morgan fingerprint density at radius 2 is 2.43 bits per heavy atom. The lowest BCUT2D eigenvalue weighted by atomic mass is 10.0. The molecule has 1 aliphatic heterocycles. The van der Waals surface area contributed by atoms with Gasteiger partial charge in [-0.2, -0.15) is 5.10 Å². The molecule has 1 aromatic rings. The van der Waals surface area contributed by atoms with Crippen LogP contribution in [-0.4, -0.2) is 28.5 Å². The predicted molar refractivity (Wildman–Crippen MR) is 53.1 cm³/mol. The van der Waals surface area contributed by atoms with Gasteiger partial charge in [-0.1, -0.05) is 6.92 Å². The molecule has 2 heterocycles. The average Bonchev–Trinajstić information content (AvgIpc) is 2.56. The van der Waals surface area contributed by atoms with Crippen molar-refractivity contribution >= 4 is 0 Å². The summed E-state index contributed by atoms with van der Waals surface area (Å²) in [5.41, 5.74) is 0. The summed E-state index contributed by atoms with van der Waals surface area (Å²) >= 11 is 0. The van der Waals surface area contributed by atoms with Crippen molar-refractivity contribution in [3.63, 3.8) is 0 Å². The van der Waals surface area contributed by atoms with Crippen LogP contribution in [0.4, 0.5) is 0 Å². The van der Waals surface area contributed by atoms with Crippen molar-refractivity contribution in [2.45, 2.75) is 32.7 Å². The van der Waals surface area contributed by atoms with Crippen LogP contribution >= 0.6 is 0 Å². The molecule has 1 aliphatic rings. The molecule has 1 aromatic heterocycles. The lowest BCUT2D eigenvalue weighted by Crippen LogP contribution is -2.18. The largest absolute Gasteiger partial charge is 0.384 e. The van der Waals surface area contributed by atoms with E-state index in [1.54, 1.807) is 7.11 Å². The lowest BCUT2D eigenvalue weighted by Gasteiger charge is -2.17. The van der Waals surface area contributed by atoms with Crippen LogP contribution in [0, 0.1) is 5.92 Å². The predicted octanol–water partition coefficient (Wildman–Crippen LogP) is 1.05. The molecular weight excluding hydrogens is 178 g/mol. The van der Waals surface area contributed by atoms with Gasteiger partial charge in [0.25, 0.3) is 0 Å². The molecule has 4 heteroatoms. The highest BCUT2D eigenvalue weighted by Crippen LogP contribution is 2.17. The van der Waals surface area contributed by atoms with E-state index in [0.29, 0.717) is 6.61 Å². The third-order valence-corrected chi connectivity index (χ3v) is 2.67. The molecule has 0 aliphatic carbocycles. The van der Waals surface area contributed by atoms with Crippen LogP contribution in [0.2, 0.25) is 0 Å². The third-order valence-electron chi connectivity index (χ3n) is 2.67. The number of aromatic nitrogens is 3. The molecule has 0 N–H and O–H groups in total. The molecule has 14 heavy (non-hydrogen) atoms. The van der Waals surface area contributed by atoms with E-state index in [1.807, 2.05) is 0 Å². The van der Waals surface area contributed by atoms with E-state index in [4.69, 9.17) is 4.74 Å². The molecule has 0 aromatic carbocycles. The number of ether oxygens (including phenoxy) is 1. The first-order chi connectivity index (χ1) is 6.79. The van der Waals surface area contributed by atoms with Crippen LogP contribution in [0.1, 0.15) is 25.0 Å². The first kappa shape index (κ1) is 9.65. The molecule has 4 nitrogen and oxygen atoms in total. The minimum absolute atomic E-state index is 0.707. The normalized spacial score (nSPS) is 20.9. The fourth-order valence-electron chi connectivity index (χ4n) is 1.82. The van der Waals surface area contributed by atoms with Gasteiger partial charge >= 0.3 is 0 Å². The molecule has 0 fully saturated rings. The summed E-state index contributed by atoms with van der Waals surface area (Å²) in [4.78, 5) is 4.49. The molecule has 1 atom stereocenters. The number of hydrogen-bond acceptors (Lipinski definition) is 3. The Bertz CT molecular complexity index is 308. The van der Waals surface area contributed by atoms with Gasteiger partial charge in [0.05, 0.1) is 6.61 Å². The molecule has 1 unspecified atom stereocenters. The number of methoxy groups -OCH3 is 1. The van der Waals surface area contributed by atoms with Gasteiger partial charge in [0.1, 0.15) is 5.82 Å². The molecule has 0 saturated carbocycles. The maximum absolute atomic E-state index is 5.01. The highest BCUT2D eigenvalue weighted by Gasteiger charge is 2.17. The highest BCUT2D eigenvalue weighted by molar-refractivity contribution is 4.96. The van der Waals surface area contributed by atoms with Gasteiger partial charge in [-0.05, 0) is 12.3 Å². The SMILES string of the molecule is COCCc1nc2n(n1)CC(C)CC2. The second-order valence-electron chi connectivity index (χ2n) is 4.01. The summed E-state index contributed by atoms with van der Waals surface area (Å²) < 4.78 is 7.06. The standard InChI is InChI=1S/C10H17N3O/c1-8-3-4-10-11-9(5-6-14-2)12-13(10)7-8/h8H,3-7H2,1-2H3. The van der Waals surface area contributed by atoms with Crippen LogP contribution in [-0.2, 0) is 24.1 Å². The summed E-state index contributed by atoms with van der Waals surface area (Å²) in [6, 6.07) is 0. The van der Waals surface area contributed by atoms with Crippen LogP contribution in [0.15, 0.2) is 0 Å². The van der Waals surface area contributed by atoms with E-state index in [1.165, 1.54) is 6.42 Å². The Kier molecular flexibility index (Phi) is 2.82.